The minimum absolute atomic E-state index is 0.0666. The van der Waals surface area contributed by atoms with Gasteiger partial charge in [-0.2, -0.15) is 0 Å². The molecule has 0 spiro atoms. The topological polar surface area (TPSA) is 0 Å². The van der Waals surface area contributed by atoms with Crippen molar-refractivity contribution >= 4 is 0 Å². The van der Waals surface area contributed by atoms with Crippen molar-refractivity contribution in [1.82, 2.24) is 0 Å². The molecule has 0 radical (unpaired) electrons. The van der Waals surface area contributed by atoms with Gasteiger partial charge in [-0.25, -0.2) is 4.39 Å². The number of rotatable bonds is 1. The molecule has 82 valence electrons. The van der Waals surface area contributed by atoms with Crippen LogP contribution in [0.5, 0.6) is 0 Å². The van der Waals surface area contributed by atoms with Crippen LogP contribution in [0.15, 0.2) is 18.2 Å². The molecule has 15 heavy (non-hydrogen) atoms. The molecule has 0 aromatic heterocycles. The molecule has 1 aliphatic carbocycles. The number of halogens is 1. The Kier molecular flexibility index (Phi) is 2.18. The fourth-order valence-electron chi connectivity index (χ4n) is 2.49. The molecule has 1 heteroatoms. The highest BCUT2D eigenvalue weighted by molar-refractivity contribution is 5.36. The van der Waals surface area contributed by atoms with Crippen LogP contribution in [0.4, 0.5) is 4.39 Å². The highest BCUT2D eigenvalue weighted by Crippen LogP contribution is 2.59. The first-order chi connectivity index (χ1) is 6.87. The van der Waals surface area contributed by atoms with Gasteiger partial charge in [0.15, 0.2) is 0 Å². The largest absolute Gasteiger partial charge is 0.207 e. The molecular weight excluding hydrogens is 187 g/mol. The maximum Gasteiger partial charge on any atom is 0.126 e. The van der Waals surface area contributed by atoms with Crippen LogP contribution < -0.4 is 0 Å². The molecule has 0 aliphatic heterocycles. The van der Waals surface area contributed by atoms with E-state index < -0.39 is 0 Å². The Hall–Kier alpha value is -0.850. The van der Waals surface area contributed by atoms with Gasteiger partial charge in [0, 0.05) is 5.41 Å². The van der Waals surface area contributed by atoms with Crippen molar-refractivity contribution in [1.29, 1.82) is 0 Å². The molecule has 2 rings (SSSR count). The Morgan fingerprint density at radius 2 is 1.80 bits per heavy atom. The quantitative estimate of drug-likeness (QED) is 0.645. The fourth-order valence-corrected chi connectivity index (χ4v) is 2.49. The van der Waals surface area contributed by atoms with Crippen molar-refractivity contribution in [3.05, 3.63) is 35.1 Å². The van der Waals surface area contributed by atoms with Gasteiger partial charge in [0.25, 0.3) is 0 Å². The van der Waals surface area contributed by atoms with E-state index in [1.807, 2.05) is 13.0 Å². The number of hydrogen-bond acceptors (Lipinski definition) is 0. The third-order valence-electron chi connectivity index (χ3n) is 3.91. The lowest BCUT2D eigenvalue weighted by atomic mass is 9.73. The highest BCUT2D eigenvalue weighted by atomic mass is 19.1. The zero-order valence-corrected chi connectivity index (χ0v) is 10.0. The summed E-state index contributed by atoms with van der Waals surface area (Å²) in [6, 6.07) is 5.72. The normalized spacial score (nSPS) is 19.0. The van der Waals surface area contributed by atoms with Crippen LogP contribution in [0.2, 0.25) is 0 Å². The second kappa shape index (κ2) is 3.07. The molecule has 0 atom stereocenters. The highest BCUT2D eigenvalue weighted by Gasteiger charge is 2.52. The minimum Gasteiger partial charge on any atom is -0.207 e. The van der Waals surface area contributed by atoms with Crippen molar-refractivity contribution in [2.24, 2.45) is 5.41 Å². The van der Waals surface area contributed by atoms with Crippen LogP contribution in [0.3, 0.4) is 0 Å². The Morgan fingerprint density at radius 1 is 1.20 bits per heavy atom. The first kappa shape index (κ1) is 10.7. The maximum atomic E-state index is 13.5. The SMILES string of the molecule is Cc1ccc(C2(C(C)(C)C)CC2)cc1F. The number of hydrogen-bond donors (Lipinski definition) is 0. The second-order valence-corrected chi connectivity index (χ2v) is 5.80. The van der Waals surface area contributed by atoms with Crippen LogP contribution >= 0.6 is 0 Å². The lowest BCUT2D eigenvalue weighted by Gasteiger charge is -2.31. The van der Waals surface area contributed by atoms with Crippen LogP contribution in [0.25, 0.3) is 0 Å². The van der Waals surface area contributed by atoms with Gasteiger partial charge in [-0.1, -0.05) is 32.9 Å². The van der Waals surface area contributed by atoms with Crippen LogP contribution in [0, 0.1) is 18.2 Å². The zero-order chi connectivity index (χ0) is 11.3. The molecule has 1 aromatic rings. The number of benzene rings is 1. The van der Waals surface area contributed by atoms with E-state index in [2.05, 4.69) is 26.8 Å². The lowest BCUT2D eigenvalue weighted by molar-refractivity contribution is 0.298. The van der Waals surface area contributed by atoms with Gasteiger partial charge in [0.1, 0.15) is 5.82 Å². The third-order valence-corrected chi connectivity index (χ3v) is 3.91. The van der Waals surface area contributed by atoms with E-state index in [0.29, 0.717) is 0 Å². The summed E-state index contributed by atoms with van der Waals surface area (Å²) in [5, 5.41) is 0. The first-order valence-electron chi connectivity index (χ1n) is 5.63. The Balaban J connectivity index is 2.43. The van der Waals surface area contributed by atoms with E-state index in [9.17, 15) is 4.39 Å². The van der Waals surface area contributed by atoms with Crippen LogP contribution in [0.1, 0.15) is 44.7 Å². The molecule has 0 amide bonds. The van der Waals surface area contributed by atoms with E-state index in [4.69, 9.17) is 0 Å². The Morgan fingerprint density at radius 3 is 2.20 bits per heavy atom. The molecule has 0 bridgehead atoms. The van der Waals surface area contributed by atoms with Gasteiger partial charge in [0.05, 0.1) is 0 Å². The van der Waals surface area contributed by atoms with Gasteiger partial charge in [-0.05, 0) is 42.4 Å². The van der Waals surface area contributed by atoms with E-state index >= 15 is 0 Å². The summed E-state index contributed by atoms with van der Waals surface area (Å²) in [7, 11) is 0. The van der Waals surface area contributed by atoms with Crippen molar-refractivity contribution in [2.75, 3.05) is 0 Å². The molecule has 0 nitrogen and oxygen atoms in total. The van der Waals surface area contributed by atoms with Gasteiger partial charge in [0.2, 0.25) is 0 Å². The van der Waals surface area contributed by atoms with E-state index in [1.54, 1.807) is 6.07 Å². The molecular formula is C14H19F. The molecule has 1 saturated carbocycles. The summed E-state index contributed by atoms with van der Waals surface area (Å²) in [4.78, 5) is 0. The summed E-state index contributed by atoms with van der Waals surface area (Å²) in [6.07, 6.45) is 2.39. The van der Waals surface area contributed by atoms with Crippen LogP contribution in [-0.2, 0) is 5.41 Å². The summed E-state index contributed by atoms with van der Waals surface area (Å²) in [6.45, 7) is 8.56. The number of aryl methyl sites for hydroxylation is 1. The fraction of sp³-hybridized carbons (Fsp3) is 0.571. The van der Waals surface area contributed by atoms with Crippen LogP contribution in [-0.4, -0.2) is 0 Å². The van der Waals surface area contributed by atoms with E-state index in [0.717, 1.165) is 5.56 Å². The van der Waals surface area contributed by atoms with Crippen molar-refractivity contribution in [3.8, 4) is 0 Å². The Bertz CT molecular complexity index is 381. The predicted octanol–water partition coefficient (Wildman–Crippen LogP) is 4.21. The predicted molar refractivity (Wildman–Crippen MR) is 61.5 cm³/mol. The second-order valence-electron chi connectivity index (χ2n) is 5.80. The van der Waals surface area contributed by atoms with Gasteiger partial charge < -0.3 is 0 Å². The van der Waals surface area contributed by atoms with E-state index in [1.165, 1.54) is 18.4 Å². The minimum atomic E-state index is -0.0666. The summed E-state index contributed by atoms with van der Waals surface area (Å²) in [5.74, 6) is -0.0666. The summed E-state index contributed by atoms with van der Waals surface area (Å²) in [5.41, 5.74) is 2.37. The third kappa shape index (κ3) is 1.58. The molecule has 1 aromatic carbocycles. The Labute approximate surface area is 91.5 Å². The zero-order valence-electron chi connectivity index (χ0n) is 10.0. The summed E-state index contributed by atoms with van der Waals surface area (Å²) >= 11 is 0. The molecule has 1 aliphatic rings. The van der Waals surface area contributed by atoms with Gasteiger partial charge in [-0.15, -0.1) is 0 Å². The van der Waals surface area contributed by atoms with Crippen molar-refractivity contribution in [3.63, 3.8) is 0 Å². The average Bonchev–Trinajstić information content (AvgIpc) is 2.88. The van der Waals surface area contributed by atoms with Crippen molar-refractivity contribution < 1.29 is 4.39 Å². The smallest absolute Gasteiger partial charge is 0.126 e. The standard InChI is InChI=1S/C14H19F/c1-10-5-6-11(9-12(10)15)14(7-8-14)13(2,3)4/h5-6,9H,7-8H2,1-4H3. The monoisotopic (exact) mass is 206 g/mol. The lowest BCUT2D eigenvalue weighted by Crippen LogP contribution is -2.26. The van der Waals surface area contributed by atoms with Gasteiger partial charge >= 0.3 is 0 Å². The molecule has 1 fully saturated rings. The molecule has 0 N–H and O–H groups in total. The first-order valence-corrected chi connectivity index (χ1v) is 5.63. The molecule has 0 unspecified atom stereocenters. The maximum absolute atomic E-state index is 13.5. The average molecular weight is 206 g/mol. The van der Waals surface area contributed by atoms with Gasteiger partial charge in [-0.3, -0.25) is 0 Å². The van der Waals surface area contributed by atoms with Crippen molar-refractivity contribution in [2.45, 2.75) is 46.0 Å². The molecule has 0 saturated heterocycles. The summed E-state index contributed by atoms with van der Waals surface area (Å²) < 4.78 is 13.5. The molecule has 0 heterocycles. The van der Waals surface area contributed by atoms with E-state index in [-0.39, 0.29) is 16.6 Å².